The van der Waals surface area contributed by atoms with E-state index in [1.807, 2.05) is 74.8 Å². The van der Waals surface area contributed by atoms with Crippen LogP contribution in [0.2, 0.25) is 5.02 Å². The molecule has 3 aromatic carbocycles. The number of nitrogens with zero attached hydrogens (tertiary/aromatic N) is 4. The number of aromatic nitrogens is 4. The molecule has 228 valence electrons. The molecule has 0 amide bonds. The lowest BCUT2D eigenvalue weighted by Gasteiger charge is -2.25. The number of carboxylic acid groups (broad SMARTS) is 1. The molecule has 8 nitrogen and oxygen atoms in total. The first-order valence-electron chi connectivity index (χ1n) is 14.7. The lowest BCUT2D eigenvalue weighted by molar-refractivity contribution is -0.136. The first-order chi connectivity index (χ1) is 21.5. The zero-order valence-electron chi connectivity index (χ0n) is 25.3. The van der Waals surface area contributed by atoms with Crippen LogP contribution in [0.15, 0.2) is 67.0 Å². The summed E-state index contributed by atoms with van der Waals surface area (Å²) in [7, 11) is 0. The SMILES string of the molecule is Cc1cc2nc(-c3ccnc(-c4ccc5nn(C6COC6)cc5c4)c3)sc2c(-c2ccc(Cl)cc2OC(C)(C)C)c1CC(=O)O. The molecular weight excluding hydrogens is 608 g/mol. The summed E-state index contributed by atoms with van der Waals surface area (Å²) in [5, 5.41) is 17.0. The fourth-order valence-corrected chi connectivity index (χ4v) is 6.92. The van der Waals surface area contributed by atoms with Crippen molar-refractivity contribution in [1.29, 1.82) is 0 Å². The van der Waals surface area contributed by atoms with Gasteiger partial charge in [-0.1, -0.05) is 17.7 Å². The summed E-state index contributed by atoms with van der Waals surface area (Å²) in [5.74, 6) is -0.309. The summed E-state index contributed by atoms with van der Waals surface area (Å²) >= 11 is 7.94. The Labute approximate surface area is 269 Å². The van der Waals surface area contributed by atoms with Crippen LogP contribution >= 0.6 is 22.9 Å². The predicted molar refractivity (Wildman–Crippen MR) is 178 cm³/mol. The van der Waals surface area contributed by atoms with Crippen LogP contribution in [-0.2, 0) is 16.0 Å². The number of pyridine rings is 1. The molecule has 3 aromatic heterocycles. The van der Waals surface area contributed by atoms with Gasteiger partial charge >= 0.3 is 5.97 Å². The molecular formula is C35H31ClN4O4S. The fourth-order valence-electron chi connectivity index (χ4n) is 5.63. The molecule has 0 unspecified atom stereocenters. The van der Waals surface area contributed by atoms with Crippen LogP contribution in [0.25, 0.3) is 54.1 Å². The quantitative estimate of drug-likeness (QED) is 0.187. The van der Waals surface area contributed by atoms with E-state index in [1.54, 1.807) is 12.3 Å². The van der Waals surface area contributed by atoms with Gasteiger partial charge in [0.15, 0.2) is 0 Å². The average molecular weight is 639 g/mol. The number of hydrogen-bond donors (Lipinski definition) is 1. The van der Waals surface area contributed by atoms with Crippen LogP contribution in [0.1, 0.15) is 37.9 Å². The molecule has 0 bridgehead atoms. The maximum atomic E-state index is 12.1. The average Bonchev–Trinajstić information content (AvgIpc) is 3.55. The topological polar surface area (TPSA) is 99.4 Å². The summed E-state index contributed by atoms with van der Waals surface area (Å²) in [4.78, 5) is 21.8. The molecule has 1 fully saturated rings. The maximum Gasteiger partial charge on any atom is 0.307 e. The molecule has 1 aliphatic heterocycles. The van der Waals surface area contributed by atoms with E-state index in [1.165, 1.54) is 11.3 Å². The standard InChI is InChI=1S/C35H31ClN4O4S/c1-19-11-29-33(32(26(19)15-31(41)42)25-7-6-23(36)14-30(25)44-35(2,3)4)45-34(38-29)21-9-10-37-28(13-21)20-5-8-27-22(12-20)16-40(39-27)24-17-43-18-24/h5-14,16,24H,15,17-18H2,1-4H3,(H,41,42). The van der Waals surface area contributed by atoms with Gasteiger partial charge in [-0.05, 0) is 87.4 Å². The summed E-state index contributed by atoms with van der Waals surface area (Å²) in [5.41, 5.74) is 7.15. The number of halogens is 1. The van der Waals surface area contributed by atoms with E-state index in [2.05, 4.69) is 17.2 Å². The molecule has 4 heterocycles. The third-order valence-corrected chi connectivity index (χ3v) is 9.16. The number of fused-ring (bicyclic) bond motifs is 2. The van der Waals surface area contributed by atoms with Crippen LogP contribution in [-0.4, -0.2) is 49.6 Å². The predicted octanol–water partition coefficient (Wildman–Crippen LogP) is 8.38. The van der Waals surface area contributed by atoms with Gasteiger partial charge in [0.1, 0.15) is 16.4 Å². The van der Waals surface area contributed by atoms with Crippen LogP contribution in [0.5, 0.6) is 5.75 Å². The van der Waals surface area contributed by atoms with E-state index in [4.69, 9.17) is 31.2 Å². The third-order valence-electron chi connectivity index (χ3n) is 7.79. The number of benzene rings is 3. The van der Waals surface area contributed by atoms with E-state index in [9.17, 15) is 9.90 Å². The molecule has 0 spiro atoms. The highest BCUT2D eigenvalue weighted by Crippen LogP contribution is 2.45. The van der Waals surface area contributed by atoms with E-state index < -0.39 is 11.6 Å². The van der Waals surface area contributed by atoms with Crippen molar-refractivity contribution >= 4 is 50.0 Å². The van der Waals surface area contributed by atoms with Crippen molar-refractivity contribution in [3.63, 3.8) is 0 Å². The van der Waals surface area contributed by atoms with Gasteiger partial charge in [-0.3, -0.25) is 14.5 Å². The Balaban J connectivity index is 1.34. The van der Waals surface area contributed by atoms with E-state index >= 15 is 0 Å². The second kappa shape index (κ2) is 11.2. The molecule has 45 heavy (non-hydrogen) atoms. The summed E-state index contributed by atoms with van der Waals surface area (Å²) < 4.78 is 14.6. The Kier molecular flexibility index (Phi) is 7.35. The van der Waals surface area contributed by atoms with Crippen molar-refractivity contribution in [3.8, 4) is 38.7 Å². The number of ether oxygens (including phenoxy) is 2. The van der Waals surface area contributed by atoms with Crippen molar-refractivity contribution in [3.05, 3.63) is 83.1 Å². The van der Waals surface area contributed by atoms with Gasteiger partial charge in [-0.15, -0.1) is 11.3 Å². The molecule has 6 aromatic rings. The van der Waals surface area contributed by atoms with Crippen molar-refractivity contribution < 1.29 is 19.4 Å². The number of hydrogen-bond acceptors (Lipinski definition) is 7. The van der Waals surface area contributed by atoms with Crippen molar-refractivity contribution in [2.24, 2.45) is 0 Å². The molecule has 0 atom stereocenters. The summed E-state index contributed by atoms with van der Waals surface area (Å²) in [6, 6.07) is 17.9. The molecule has 7 rings (SSSR count). The van der Waals surface area contributed by atoms with Crippen LogP contribution in [0, 0.1) is 6.92 Å². The first kappa shape index (κ1) is 29.4. The van der Waals surface area contributed by atoms with Crippen LogP contribution in [0.4, 0.5) is 0 Å². The van der Waals surface area contributed by atoms with Gasteiger partial charge in [0.05, 0.1) is 47.1 Å². The Morgan fingerprint density at radius 3 is 2.64 bits per heavy atom. The number of rotatable bonds is 7. The Hall–Kier alpha value is -4.31. The van der Waals surface area contributed by atoms with Gasteiger partial charge in [0.25, 0.3) is 0 Å². The van der Waals surface area contributed by atoms with Gasteiger partial charge < -0.3 is 14.6 Å². The maximum absolute atomic E-state index is 12.1. The second-order valence-corrected chi connectivity index (χ2v) is 13.8. The van der Waals surface area contributed by atoms with E-state index in [-0.39, 0.29) is 12.5 Å². The highest BCUT2D eigenvalue weighted by molar-refractivity contribution is 7.22. The number of aliphatic carboxylic acids is 1. The number of thiazole rings is 1. The molecule has 1 aliphatic rings. The van der Waals surface area contributed by atoms with Gasteiger partial charge in [0.2, 0.25) is 0 Å². The Bertz CT molecular complexity index is 2110. The zero-order chi connectivity index (χ0) is 31.5. The fraction of sp³-hybridized carbons (Fsp3) is 0.257. The lowest BCUT2D eigenvalue weighted by Crippen LogP contribution is -2.30. The second-order valence-electron chi connectivity index (χ2n) is 12.3. The highest BCUT2D eigenvalue weighted by atomic mass is 35.5. The van der Waals surface area contributed by atoms with Crippen LogP contribution in [0.3, 0.4) is 0 Å². The number of carbonyl (C=O) groups is 1. The van der Waals surface area contributed by atoms with Gasteiger partial charge in [0, 0.05) is 45.1 Å². The van der Waals surface area contributed by atoms with Gasteiger partial charge in [-0.2, -0.15) is 5.10 Å². The molecule has 0 saturated carbocycles. The molecule has 1 saturated heterocycles. The number of carboxylic acids is 1. The lowest BCUT2D eigenvalue weighted by atomic mass is 9.92. The largest absolute Gasteiger partial charge is 0.487 e. The van der Waals surface area contributed by atoms with E-state index in [0.29, 0.717) is 24.0 Å². The summed E-state index contributed by atoms with van der Waals surface area (Å²) in [6.45, 7) is 9.23. The minimum Gasteiger partial charge on any atom is -0.487 e. The normalized spacial score (nSPS) is 13.8. The molecule has 0 aliphatic carbocycles. The van der Waals surface area contributed by atoms with Gasteiger partial charge in [-0.25, -0.2) is 4.98 Å². The smallest absolute Gasteiger partial charge is 0.307 e. The minimum atomic E-state index is -0.905. The molecule has 0 radical (unpaired) electrons. The van der Waals surface area contributed by atoms with Crippen molar-refractivity contribution in [2.75, 3.05) is 13.2 Å². The Morgan fingerprint density at radius 2 is 1.91 bits per heavy atom. The van der Waals surface area contributed by atoms with Crippen molar-refractivity contribution in [2.45, 2.75) is 45.8 Å². The zero-order valence-corrected chi connectivity index (χ0v) is 26.9. The molecule has 1 N–H and O–H groups in total. The third kappa shape index (κ3) is 5.79. The Morgan fingerprint density at radius 1 is 1.09 bits per heavy atom. The van der Waals surface area contributed by atoms with Crippen LogP contribution < -0.4 is 4.74 Å². The number of aryl methyl sites for hydroxylation is 1. The summed E-state index contributed by atoms with van der Waals surface area (Å²) in [6.07, 6.45) is 3.73. The monoisotopic (exact) mass is 638 g/mol. The van der Waals surface area contributed by atoms with E-state index in [0.717, 1.165) is 65.2 Å². The minimum absolute atomic E-state index is 0.131. The first-order valence-corrected chi connectivity index (χ1v) is 15.9. The van der Waals surface area contributed by atoms with Crippen molar-refractivity contribution in [1.82, 2.24) is 19.7 Å². The highest BCUT2D eigenvalue weighted by Gasteiger charge is 2.25. The molecule has 10 heteroatoms.